The lowest BCUT2D eigenvalue weighted by atomic mass is 9.85. The van der Waals surface area contributed by atoms with Gasteiger partial charge in [-0.3, -0.25) is 9.69 Å². The molecular weight excluding hydrogens is 270 g/mol. The Balaban J connectivity index is 1.40. The van der Waals surface area contributed by atoms with Crippen LogP contribution in [0.4, 0.5) is 4.79 Å². The van der Waals surface area contributed by atoms with Gasteiger partial charge in [-0.25, -0.2) is 4.79 Å². The Morgan fingerprint density at radius 3 is 2.48 bits per heavy atom. The molecule has 1 atom stereocenters. The number of likely N-dealkylation sites (tertiary alicyclic amines) is 1. The van der Waals surface area contributed by atoms with Crippen LogP contribution in [0, 0.1) is 5.92 Å². The van der Waals surface area contributed by atoms with E-state index >= 15 is 0 Å². The number of urea groups is 1. The molecule has 1 aliphatic heterocycles. The van der Waals surface area contributed by atoms with Crippen molar-refractivity contribution in [1.82, 2.24) is 15.1 Å². The maximum absolute atomic E-state index is 12.2. The van der Waals surface area contributed by atoms with E-state index in [1.807, 2.05) is 16.7 Å². The number of rotatable bonds is 6. The quantitative estimate of drug-likeness (QED) is 0.770. The van der Waals surface area contributed by atoms with Crippen LogP contribution in [0.2, 0.25) is 0 Å². The van der Waals surface area contributed by atoms with Gasteiger partial charge in [0.2, 0.25) is 0 Å². The fraction of sp³-hybridized carbons (Fsp3) is 0.867. The average molecular weight is 295 g/mol. The van der Waals surface area contributed by atoms with Gasteiger partial charge in [-0.2, -0.15) is 0 Å². The largest absolute Gasteiger partial charge is 0.480 e. The zero-order valence-corrected chi connectivity index (χ0v) is 12.6. The molecule has 3 aliphatic rings. The van der Waals surface area contributed by atoms with E-state index in [2.05, 4.69) is 5.32 Å². The number of carbonyl (C=O) groups is 2. The standard InChI is InChI=1S/C15H25N3O3/c1-2-17(9-14(19)20)12-7-11(8-12)16-15(21)18-6-5-13(18)10-3-4-10/h10-13H,2-9H2,1H3,(H,16,21)(H,19,20). The van der Waals surface area contributed by atoms with E-state index < -0.39 is 5.97 Å². The summed E-state index contributed by atoms with van der Waals surface area (Å²) in [5.41, 5.74) is 0. The second kappa shape index (κ2) is 5.83. The highest BCUT2D eigenvalue weighted by atomic mass is 16.4. The molecule has 0 radical (unpaired) electrons. The Kier molecular flexibility index (Phi) is 4.06. The van der Waals surface area contributed by atoms with Gasteiger partial charge in [0.15, 0.2) is 0 Å². The Bertz CT molecular complexity index is 418. The predicted octanol–water partition coefficient (Wildman–Crippen LogP) is 1.12. The predicted molar refractivity (Wildman–Crippen MR) is 78.1 cm³/mol. The molecule has 118 valence electrons. The van der Waals surface area contributed by atoms with Crippen molar-refractivity contribution in [3.8, 4) is 0 Å². The van der Waals surface area contributed by atoms with Crippen molar-refractivity contribution >= 4 is 12.0 Å². The third kappa shape index (κ3) is 3.15. The molecule has 1 unspecified atom stereocenters. The number of carboxylic acids is 1. The molecule has 2 aliphatic carbocycles. The lowest BCUT2D eigenvalue weighted by molar-refractivity contribution is -0.139. The molecule has 0 bridgehead atoms. The first-order valence-corrected chi connectivity index (χ1v) is 8.11. The van der Waals surface area contributed by atoms with Crippen molar-refractivity contribution in [1.29, 1.82) is 0 Å². The van der Waals surface area contributed by atoms with Crippen molar-refractivity contribution in [2.75, 3.05) is 19.6 Å². The van der Waals surface area contributed by atoms with E-state index in [0.29, 0.717) is 12.1 Å². The molecule has 3 fully saturated rings. The number of nitrogens with one attached hydrogen (secondary N) is 1. The summed E-state index contributed by atoms with van der Waals surface area (Å²) in [6.45, 7) is 3.71. The maximum Gasteiger partial charge on any atom is 0.317 e. The summed E-state index contributed by atoms with van der Waals surface area (Å²) < 4.78 is 0. The fourth-order valence-electron chi connectivity index (χ4n) is 3.56. The summed E-state index contributed by atoms with van der Waals surface area (Å²) in [5, 5.41) is 12.0. The van der Waals surface area contributed by atoms with Gasteiger partial charge in [0.25, 0.3) is 0 Å². The number of aliphatic carboxylic acids is 1. The highest BCUT2D eigenvalue weighted by Gasteiger charge is 2.44. The molecule has 0 aromatic rings. The monoisotopic (exact) mass is 295 g/mol. The Labute approximate surface area is 125 Å². The van der Waals surface area contributed by atoms with Crippen LogP contribution in [0.1, 0.15) is 39.0 Å². The third-order valence-corrected chi connectivity index (χ3v) is 5.19. The second-order valence-electron chi connectivity index (χ2n) is 6.62. The minimum absolute atomic E-state index is 0.0860. The summed E-state index contributed by atoms with van der Waals surface area (Å²) in [6, 6.07) is 1.08. The zero-order chi connectivity index (χ0) is 15.0. The van der Waals surface area contributed by atoms with Gasteiger partial charge in [0.05, 0.1) is 6.54 Å². The van der Waals surface area contributed by atoms with Gasteiger partial charge in [0.1, 0.15) is 0 Å². The normalized spacial score (nSPS) is 31.5. The molecular formula is C15H25N3O3. The van der Waals surface area contributed by atoms with Crippen molar-refractivity contribution in [3.63, 3.8) is 0 Å². The molecule has 3 rings (SSSR count). The molecule has 0 aromatic heterocycles. The van der Waals surface area contributed by atoms with E-state index in [-0.39, 0.29) is 18.6 Å². The number of carbonyl (C=O) groups excluding carboxylic acids is 1. The number of carboxylic acid groups (broad SMARTS) is 1. The Hall–Kier alpha value is -1.30. The fourth-order valence-corrected chi connectivity index (χ4v) is 3.56. The van der Waals surface area contributed by atoms with Crippen molar-refractivity contribution in [3.05, 3.63) is 0 Å². The molecule has 6 heteroatoms. The SMILES string of the molecule is CCN(CC(=O)O)C1CC(NC(=O)N2CCC2C2CC2)C1. The molecule has 6 nitrogen and oxygen atoms in total. The van der Waals surface area contributed by atoms with Crippen LogP contribution in [0.15, 0.2) is 0 Å². The molecule has 1 saturated heterocycles. The smallest absolute Gasteiger partial charge is 0.317 e. The third-order valence-electron chi connectivity index (χ3n) is 5.19. The number of likely N-dealkylation sites (N-methyl/N-ethyl adjacent to an activating group) is 1. The molecule has 21 heavy (non-hydrogen) atoms. The second-order valence-corrected chi connectivity index (χ2v) is 6.62. The molecule has 1 heterocycles. The van der Waals surface area contributed by atoms with Crippen LogP contribution < -0.4 is 5.32 Å². The van der Waals surface area contributed by atoms with Crippen LogP contribution in [0.3, 0.4) is 0 Å². The first-order chi connectivity index (χ1) is 10.1. The van der Waals surface area contributed by atoms with E-state index in [9.17, 15) is 9.59 Å². The van der Waals surface area contributed by atoms with Gasteiger partial charge in [0, 0.05) is 24.7 Å². The van der Waals surface area contributed by atoms with Crippen molar-refractivity contribution in [2.24, 2.45) is 5.92 Å². The van der Waals surface area contributed by atoms with E-state index in [4.69, 9.17) is 5.11 Å². The van der Waals surface area contributed by atoms with Crippen LogP contribution in [0.25, 0.3) is 0 Å². The summed E-state index contributed by atoms with van der Waals surface area (Å²) >= 11 is 0. The van der Waals surface area contributed by atoms with Gasteiger partial charge < -0.3 is 15.3 Å². The number of hydrogen-bond acceptors (Lipinski definition) is 3. The zero-order valence-electron chi connectivity index (χ0n) is 12.6. The highest BCUT2D eigenvalue weighted by Crippen LogP contribution is 2.41. The molecule has 0 spiro atoms. The lowest BCUT2D eigenvalue weighted by Gasteiger charge is -2.46. The summed E-state index contributed by atoms with van der Waals surface area (Å²) in [7, 11) is 0. The average Bonchev–Trinajstić information content (AvgIpc) is 3.13. The molecule has 0 aromatic carbocycles. The van der Waals surface area contributed by atoms with E-state index in [0.717, 1.165) is 38.3 Å². The molecule has 2 amide bonds. The summed E-state index contributed by atoms with van der Waals surface area (Å²) in [6.07, 6.45) is 5.46. The number of nitrogens with zero attached hydrogens (tertiary/aromatic N) is 2. The lowest BCUT2D eigenvalue weighted by Crippen LogP contribution is -2.61. The van der Waals surface area contributed by atoms with Gasteiger partial charge in [-0.05, 0) is 44.6 Å². The first-order valence-electron chi connectivity index (χ1n) is 8.11. The maximum atomic E-state index is 12.2. The Morgan fingerprint density at radius 1 is 1.29 bits per heavy atom. The minimum atomic E-state index is -0.780. The van der Waals surface area contributed by atoms with Crippen LogP contribution in [0.5, 0.6) is 0 Å². The minimum Gasteiger partial charge on any atom is -0.480 e. The van der Waals surface area contributed by atoms with Crippen molar-refractivity contribution < 1.29 is 14.7 Å². The number of hydrogen-bond donors (Lipinski definition) is 2. The van der Waals surface area contributed by atoms with Gasteiger partial charge in [-0.15, -0.1) is 0 Å². The van der Waals surface area contributed by atoms with Crippen molar-refractivity contribution in [2.45, 2.75) is 57.2 Å². The van der Waals surface area contributed by atoms with Crippen LogP contribution >= 0.6 is 0 Å². The molecule has 2 N–H and O–H groups in total. The van der Waals surface area contributed by atoms with Gasteiger partial charge in [-0.1, -0.05) is 6.92 Å². The topological polar surface area (TPSA) is 72.9 Å². The highest BCUT2D eigenvalue weighted by molar-refractivity contribution is 5.76. The first kappa shape index (κ1) is 14.6. The summed E-state index contributed by atoms with van der Waals surface area (Å²) in [5.74, 6) is -0.0259. The Morgan fingerprint density at radius 2 is 2.00 bits per heavy atom. The summed E-state index contributed by atoms with van der Waals surface area (Å²) in [4.78, 5) is 27.0. The van der Waals surface area contributed by atoms with E-state index in [1.165, 1.54) is 12.8 Å². The van der Waals surface area contributed by atoms with Gasteiger partial charge >= 0.3 is 12.0 Å². The molecule has 2 saturated carbocycles. The van der Waals surface area contributed by atoms with Crippen LogP contribution in [-0.2, 0) is 4.79 Å². The number of amides is 2. The van der Waals surface area contributed by atoms with E-state index in [1.54, 1.807) is 0 Å². The van der Waals surface area contributed by atoms with Crippen LogP contribution in [-0.4, -0.2) is 64.7 Å².